The fourth-order valence-electron chi connectivity index (χ4n) is 0. The third-order valence-electron chi connectivity index (χ3n) is 0. The fraction of sp³-hybridized carbons (Fsp3) is 0. The van der Waals surface area contributed by atoms with Crippen molar-refractivity contribution in [1.82, 2.24) is 0 Å². The van der Waals surface area contributed by atoms with Gasteiger partial charge in [-0.05, 0) is 18.5 Å². The minimum atomic E-state index is -2.33. The molecule has 0 aliphatic heterocycles. The Morgan fingerprint density at radius 1 is 0.600 bits per heavy atom. The molecule has 15 heavy (non-hydrogen) atoms. The molecule has 12 heteroatoms. The van der Waals surface area contributed by atoms with E-state index in [0.717, 1.165) is 0 Å². The predicted molar refractivity (Wildman–Crippen MR) is 16.2 cm³/mol. The Morgan fingerprint density at radius 2 is 0.600 bits per heavy atom. The van der Waals surface area contributed by atoms with Crippen LogP contribution in [0.1, 0.15) is 0 Å². The Hall–Kier alpha value is -0.645. The first-order chi connectivity index (χ1) is 5.20. The number of carboxylic acid groups (broad SMARTS) is 6. The maximum Gasteiger partial charge on any atom is 2.00 e. The molecule has 0 heterocycles. The molecule has 0 aromatic rings. The second-order valence-electron chi connectivity index (χ2n) is 0.750. The van der Waals surface area contributed by atoms with E-state index >= 15 is 0 Å². The molecule has 3 radical (unpaired) electrons. The first-order valence-corrected chi connectivity index (χ1v) is 1.84. The summed E-state index contributed by atoms with van der Waals surface area (Å²) >= 11 is 0. The molecule has 0 spiro atoms. The zero-order valence-corrected chi connectivity index (χ0v) is 9.35. The van der Waals surface area contributed by atoms with E-state index in [-0.39, 0.29) is 50.9 Å². The van der Waals surface area contributed by atoms with Crippen LogP contribution in [0, 0.1) is 0 Å². The third kappa shape index (κ3) is 4150. The maximum atomic E-state index is 8.33. The molecule has 9 nitrogen and oxygen atoms in total. The standard InChI is InChI=1S/3CH2O3.Co.Cu.Mn/c3*2-1(3)4;;;/h3*(H2,2,3,4);;;/q;;;3*+2/p-6. The van der Waals surface area contributed by atoms with Crippen molar-refractivity contribution in [2.75, 3.05) is 0 Å². The zero-order valence-electron chi connectivity index (χ0n) is 6.19. The van der Waals surface area contributed by atoms with Gasteiger partial charge in [-0.1, -0.05) is 0 Å². The van der Waals surface area contributed by atoms with Crippen molar-refractivity contribution in [2.45, 2.75) is 0 Å². The smallest absolute Gasteiger partial charge is 0.652 e. The van der Waals surface area contributed by atoms with Crippen LogP contribution in [0.15, 0.2) is 0 Å². The molecule has 0 N–H and O–H groups in total. The van der Waals surface area contributed by atoms with Crippen molar-refractivity contribution in [3.05, 3.63) is 0 Å². The van der Waals surface area contributed by atoms with Gasteiger partial charge in [-0.15, -0.1) is 0 Å². The minimum Gasteiger partial charge on any atom is -0.652 e. The van der Waals surface area contributed by atoms with E-state index in [0.29, 0.717) is 0 Å². The Balaban J connectivity index is -0.0000000184. The van der Waals surface area contributed by atoms with Crippen LogP contribution in [0.3, 0.4) is 0 Å². The summed E-state index contributed by atoms with van der Waals surface area (Å²) in [7, 11) is 0. The van der Waals surface area contributed by atoms with Crippen molar-refractivity contribution < 1.29 is 95.9 Å². The molecule has 0 aromatic carbocycles. The van der Waals surface area contributed by atoms with Gasteiger partial charge >= 0.3 is 50.9 Å². The van der Waals surface area contributed by atoms with Gasteiger partial charge in [0.05, 0.1) is 0 Å². The van der Waals surface area contributed by atoms with Gasteiger partial charge in [-0.25, -0.2) is 0 Å². The fourth-order valence-corrected chi connectivity index (χ4v) is 0. The molecular formula is C3CoCuMnO9. The molecule has 0 fully saturated rings. The van der Waals surface area contributed by atoms with Gasteiger partial charge in [-0.3, -0.25) is 0 Å². The molecule has 0 saturated heterocycles. The van der Waals surface area contributed by atoms with Crippen LogP contribution < -0.4 is 30.6 Å². The van der Waals surface area contributed by atoms with Crippen LogP contribution in [0.4, 0.5) is 14.4 Å². The second-order valence-corrected chi connectivity index (χ2v) is 0.750. The number of carbonyl (C=O) groups excluding carboxylic acids is 3. The summed E-state index contributed by atoms with van der Waals surface area (Å²) in [6.45, 7) is 0. The molecular weight excluding hydrogens is 357 g/mol. The van der Waals surface area contributed by atoms with Crippen LogP contribution in [0.5, 0.6) is 0 Å². The van der Waals surface area contributed by atoms with E-state index in [1.807, 2.05) is 0 Å². The largest absolute Gasteiger partial charge is 2.00 e. The van der Waals surface area contributed by atoms with E-state index in [1.165, 1.54) is 0 Å². The van der Waals surface area contributed by atoms with Gasteiger partial charge in [0.15, 0.2) is 0 Å². The van der Waals surface area contributed by atoms with E-state index in [4.69, 9.17) is 45.0 Å². The minimum absolute atomic E-state index is 0. The first-order valence-electron chi connectivity index (χ1n) is 1.84. The molecule has 93 valence electrons. The average Bonchev–Trinajstić information content (AvgIpc) is 1.54. The zero-order chi connectivity index (χ0) is 10.7. The Bertz CT molecular complexity index is 123. The van der Waals surface area contributed by atoms with Crippen LogP contribution in [0.2, 0.25) is 0 Å². The van der Waals surface area contributed by atoms with Crippen molar-refractivity contribution >= 4 is 18.5 Å². The molecule has 0 bridgehead atoms. The van der Waals surface area contributed by atoms with Gasteiger partial charge < -0.3 is 45.0 Å². The number of carbonyl (C=O) groups is 3. The van der Waals surface area contributed by atoms with Gasteiger partial charge in [0, 0.05) is 0 Å². The maximum absolute atomic E-state index is 8.33. The average molecular weight is 357 g/mol. The van der Waals surface area contributed by atoms with Gasteiger partial charge in [0.2, 0.25) is 0 Å². The SMILES string of the molecule is O=C([O-])[O-].O=C([O-])[O-].O=C([O-])[O-].[Co+2].[Cu+2].[Mn+2]. The summed E-state index contributed by atoms with van der Waals surface area (Å²) in [5.41, 5.74) is 0. The Labute approximate surface area is 114 Å². The number of hydrogen-bond acceptors (Lipinski definition) is 9. The van der Waals surface area contributed by atoms with Crippen LogP contribution in [0.25, 0.3) is 0 Å². The van der Waals surface area contributed by atoms with E-state index < -0.39 is 18.5 Å². The Morgan fingerprint density at radius 3 is 0.600 bits per heavy atom. The van der Waals surface area contributed by atoms with Crippen LogP contribution >= 0.6 is 0 Å². The monoisotopic (exact) mass is 357 g/mol. The molecule has 0 aliphatic carbocycles. The predicted octanol–water partition coefficient (Wildman–Crippen LogP) is -7.35. The van der Waals surface area contributed by atoms with Crippen LogP contribution in [-0.4, -0.2) is 18.5 Å². The number of hydrogen-bond donors (Lipinski definition) is 0. The van der Waals surface area contributed by atoms with Crippen molar-refractivity contribution in [3.63, 3.8) is 0 Å². The summed E-state index contributed by atoms with van der Waals surface area (Å²) in [6, 6.07) is 0. The molecule has 0 atom stereocenters. The van der Waals surface area contributed by atoms with Crippen molar-refractivity contribution in [2.24, 2.45) is 0 Å². The molecule has 0 rings (SSSR count). The Kier molecular flexibility index (Phi) is 71.4. The summed E-state index contributed by atoms with van der Waals surface area (Å²) in [5.74, 6) is 0. The van der Waals surface area contributed by atoms with Crippen molar-refractivity contribution in [1.29, 1.82) is 0 Å². The molecule has 0 amide bonds. The first kappa shape index (κ1) is 36.7. The summed E-state index contributed by atoms with van der Waals surface area (Å²) in [4.78, 5) is 25.0. The topological polar surface area (TPSA) is 190 Å². The summed E-state index contributed by atoms with van der Waals surface area (Å²) in [5, 5.41) is 50.0. The molecule has 0 aliphatic rings. The van der Waals surface area contributed by atoms with Crippen molar-refractivity contribution in [3.8, 4) is 0 Å². The number of rotatable bonds is 0. The third-order valence-corrected chi connectivity index (χ3v) is 0. The van der Waals surface area contributed by atoms with E-state index in [1.54, 1.807) is 0 Å². The normalized spacial score (nSPS) is 4.80. The summed E-state index contributed by atoms with van der Waals surface area (Å²) < 4.78 is 0. The van der Waals surface area contributed by atoms with Crippen LogP contribution in [-0.2, 0) is 50.9 Å². The molecule has 0 aromatic heterocycles. The second kappa shape index (κ2) is 29.2. The van der Waals surface area contributed by atoms with Gasteiger partial charge in [0.1, 0.15) is 0 Å². The van der Waals surface area contributed by atoms with Gasteiger partial charge in [-0.2, -0.15) is 0 Å². The molecule has 0 unspecified atom stereocenters. The van der Waals surface area contributed by atoms with E-state index in [9.17, 15) is 0 Å². The summed E-state index contributed by atoms with van der Waals surface area (Å²) in [6.07, 6.45) is -7.00. The molecule has 0 saturated carbocycles. The van der Waals surface area contributed by atoms with Gasteiger partial charge in [0.25, 0.3) is 0 Å². The quantitative estimate of drug-likeness (QED) is 0.379. The van der Waals surface area contributed by atoms with E-state index in [2.05, 4.69) is 0 Å².